The Labute approximate surface area is 182 Å². The summed E-state index contributed by atoms with van der Waals surface area (Å²) in [5.41, 5.74) is 3.16. The zero-order chi connectivity index (χ0) is 21.0. The number of carbonyl (C=O) groups excluding carboxylic acids is 1. The number of hydrogen-bond donors (Lipinski definition) is 1. The van der Waals surface area contributed by atoms with Crippen LogP contribution in [0.5, 0.6) is 5.75 Å². The zero-order valence-electron chi connectivity index (χ0n) is 17.5. The van der Waals surface area contributed by atoms with Gasteiger partial charge in [0.05, 0.1) is 18.0 Å². The number of amides is 1. The summed E-state index contributed by atoms with van der Waals surface area (Å²) in [6.07, 6.45) is 8.85. The number of nitrogens with one attached hydrogen (secondary N) is 1. The summed E-state index contributed by atoms with van der Waals surface area (Å²) in [5, 5.41) is 3.20. The molecule has 0 radical (unpaired) electrons. The molecule has 1 saturated carbocycles. The maximum Gasteiger partial charge on any atom is 0.227 e. The number of hydrogen-bond acceptors (Lipinski definition) is 4. The van der Waals surface area contributed by atoms with E-state index in [9.17, 15) is 4.79 Å². The third-order valence-corrected chi connectivity index (χ3v) is 6.45. The van der Waals surface area contributed by atoms with E-state index in [1.807, 2.05) is 30.3 Å². The van der Waals surface area contributed by atoms with Crippen molar-refractivity contribution in [2.75, 3.05) is 6.54 Å². The summed E-state index contributed by atoms with van der Waals surface area (Å²) in [4.78, 5) is 22.0. The fraction of sp³-hybridized carbons (Fsp3) is 0.346. The van der Waals surface area contributed by atoms with Crippen LogP contribution in [-0.4, -0.2) is 28.5 Å². The molecule has 0 spiro atoms. The van der Waals surface area contributed by atoms with Gasteiger partial charge in [-0.15, -0.1) is 0 Å². The van der Waals surface area contributed by atoms with Gasteiger partial charge in [-0.25, -0.2) is 9.97 Å². The summed E-state index contributed by atoms with van der Waals surface area (Å²) in [6, 6.07) is 18.1. The summed E-state index contributed by atoms with van der Waals surface area (Å²) in [5.74, 6) is 1.95. The molecule has 2 aliphatic rings. The van der Waals surface area contributed by atoms with Crippen LogP contribution < -0.4 is 10.1 Å². The Kier molecular flexibility index (Phi) is 5.65. The molecule has 1 fully saturated rings. The molecular formula is C26H27N3O2. The predicted octanol–water partition coefficient (Wildman–Crippen LogP) is 4.54. The number of para-hydroxylation sites is 1. The molecule has 2 atom stereocenters. The third-order valence-electron chi connectivity index (χ3n) is 6.45. The molecule has 1 aliphatic carbocycles. The highest BCUT2D eigenvalue weighted by molar-refractivity contribution is 5.84. The molecule has 0 unspecified atom stereocenters. The Morgan fingerprint density at radius 3 is 2.55 bits per heavy atom. The minimum atomic E-state index is -0.0826. The van der Waals surface area contributed by atoms with Crippen LogP contribution in [-0.2, 0) is 11.2 Å². The molecule has 2 aromatic carbocycles. The van der Waals surface area contributed by atoms with Gasteiger partial charge < -0.3 is 10.1 Å². The second kappa shape index (κ2) is 8.88. The summed E-state index contributed by atoms with van der Waals surface area (Å²) in [7, 11) is 0. The highest BCUT2D eigenvalue weighted by Crippen LogP contribution is 2.39. The van der Waals surface area contributed by atoms with Crippen LogP contribution in [0.15, 0.2) is 67.0 Å². The maximum absolute atomic E-state index is 13.3. The van der Waals surface area contributed by atoms with E-state index in [0.29, 0.717) is 18.3 Å². The van der Waals surface area contributed by atoms with Crippen molar-refractivity contribution in [2.45, 2.75) is 44.1 Å². The van der Waals surface area contributed by atoms with Crippen LogP contribution in [0.3, 0.4) is 0 Å². The highest BCUT2D eigenvalue weighted by Gasteiger charge is 2.33. The Balaban J connectivity index is 1.28. The number of carbonyl (C=O) groups is 1. The van der Waals surface area contributed by atoms with E-state index in [1.165, 1.54) is 12.8 Å². The standard InChI is InChI=1S/C26H27N3O2/c30-26(23(19-10-4-5-11-19)18-8-2-1-3-9-18)29-17-21-16-20-12-6-13-22(24(20)31-21)25-27-14-7-15-28-25/h1-3,6-9,12-15,19,21,23H,4-5,10-11,16-17H2,(H,29,30)/t21-,23-/m1/s1. The first-order valence-electron chi connectivity index (χ1n) is 11.2. The lowest BCUT2D eigenvalue weighted by Gasteiger charge is -2.24. The van der Waals surface area contributed by atoms with E-state index in [2.05, 4.69) is 33.5 Å². The largest absolute Gasteiger partial charge is 0.487 e. The van der Waals surface area contributed by atoms with Crippen LogP contribution in [0.2, 0.25) is 0 Å². The average Bonchev–Trinajstić information content (AvgIpc) is 3.49. The number of fused-ring (bicyclic) bond motifs is 1. The molecule has 1 aromatic heterocycles. The summed E-state index contributed by atoms with van der Waals surface area (Å²) < 4.78 is 6.26. The van der Waals surface area contributed by atoms with Gasteiger partial charge in [0.15, 0.2) is 5.82 Å². The van der Waals surface area contributed by atoms with E-state index in [-0.39, 0.29) is 17.9 Å². The second-order valence-corrected chi connectivity index (χ2v) is 8.49. The normalized spacial score (nSPS) is 18.9. The van der Waals surface area contributed by atoms with Crippen LogP contribution in [0.4, 0.5) is 0 Å². The van der Waals surface area contributed by atoms with Crippen molar-refractivity contribution in [2.24, 2.45) is 5.92 Å². The lowest BCUT2D eigenvalue weighted by atomic mass is 9.84. The lowest BCUT2D eigenvalue weighted by Crippen LogP contribution is -2.39. The van der Waals surface area contributed by atoms with Crippen molar-refractivity contribution in [3.63, 3.8) is 0 Å². The Morgan fingerprint density at radius 2 is 1.77 bits per heavy atom. The molecule has 1 amide bonds. The molecule has 5 heteroatoms. The van der Waals surface area contributed by atoms with Gasteiger partial charge in [0, 0.05) is 18.8 Å². The minimum Gasteiger partial charge on any atom is -0.487 e. The van der Waals surface area contributed by atoms with Crippen LogP contribution >= 0.6 is 0 Å². The van der Waals surface area contributed by atoms with Gasteiger partial charge in [0.2, 0.25) is 5.91 Å². The molecule has 158 valence electrons. The number of benzene rings is 2. The number of nitrogens with zero attached hydrogens (tertiary/aromatic N) is 2. The minimum absolute atomic E-state index is 0.0798. The maximum atomic E-state index is 13.3. The van der Waals surface area contributed by atoms with Crippen molar-refractivity contribution in [1.29, 1.82) is 0 Å². The molecule has 1 N–H and O–H groups in total. The van der Waals surface area contributed by atoms with E-state index in [4.69, 9.17) is 4.74 Å². The van der Waals surface area contributed by atoms with Crippen LogP contribution in [0.25, 0.3) is 11.4 Å². The molecular weight excluding hydrogens is 386 g/mol. The summed E-state index contributed by atoms with van der Waals surface area (Å²) in [6.45, 7) is 0.499. The van der Waals surface area contributed by atoms with Gasteiger partial charge in [0.25, 0.3) is 0 Å². The van der Waals surface area contributed by atoms with Gasteiger partial charge in [-0.2, -0.15) is 0 Å². The Bertz CT molecular complexity index is 1030. The fourth-order valence-corrected chi connectivity index (χ4v) is 4.98. The van der Waals surface area contributed by atoms with Crippen LogP contribution in [0.1, 0.15) is 42.7 Å². The smallest absolute Gasteiger partial charge is 0.227 e. The second-order valence-electron chi connectivity index (χ2n) is 8.49. The predicted molar refractivity (Wildman–Crippen MR) is 120 cm³/mol. The monoisotopic (exact) mass is 413 g/mol. The molecule has 0 bridgehead atoms. The van der Waals surface area contributed by atoms with E-state index in [0.717, 1.165) is 41.7 Å². The van der Waals surface area contributed by atoms with E-state index >= 15 is 0 Å². The van der Waals surface area contributed by atoms with Gasteiger partial charge in [-0.3, -0.25) is 4.79 Å². The fourth-order valence-electron chi connectivity index (χ4n) is 4.98. The molecule has 5 nitrogen and oxygen atoms in total. The van der Waals surface area contributed by atoms with Gasteiger partial charge in [0.1, 0.15) is 11.9 Å². The number of aromatic nitrogens is 2. The molecule has 0 saturated heterocycles. The van der Waals surface area contributed by atoms with Gasteiger partial charge >= 0.3 is 0 Å². The lowest BCUT2D eigenvalue weighted by molar-refractivity contribution is -0.124. The molecule has 3 aromatic rings. The third kappa shape index (κ3) is 4.18. The van der Waals surface area contributed by atoms with Crippen molar-refractivity contribution in [1.82, 2.24) is 15.3 Å². The summed E-state index contributed by atoms with van der Waals surface area (Å²) >= 11 is 0. The van der Waals surface area contributed by atoms with E-state index < -0.39 is 0 Å². The van der Waals surface area contributed by atoms with Crippen molar-refractivity contribution in [3.8, 4) is 17.1 Å². The van der Waals surface area contributed by atoms with Crippen LogP contribution in [0, 0.1) is 5.92 Å². The van der Waals surface area contributed by atoms with Crippen molar-refractivity contribution < 1.29 is 9.53 Å². The first-order chi connectivity index (χ1) is 15.3. The molecule has 31 heavy (non-hydrogen) atoms. The Morgan fingerprint density at radius 1 is 1.00 bits per heavy atom. The van der Waals surface area contributed by atoms with Gasteiger partial charge in [-0.1, -0.05) is 55.3 Å². The first-order valence-corrected chi connectivity index (χ1v) is 11.2. The zero-order valence-corrected chi connectivity index (χ0v) is 17.5. The molecule has 1 aliphatic heterocycles. The topological polar surface area (TPSA) is 64.1 Å². The quantitative estimate of drug-likeness (QED) is 0.645. The molecule has 2 heterocycles. The SMILES string of the molecule is O=C(NC[C@H]1Cc2cccc(-c3ncccn3)c2O1)[C@H](c1ccccc1)C1CCCC1. The number of rotatable bonds is 6. The Hall–Kier alpha value is -3.21. The van der Waals surface area contributed by atoms with Gasteiger partial charge in [-0.05, 0) is 42.0 Å². The van der Waals surface area contributed by atoms with Crippen molar-refractivity contribution in [3.05, 3.63) is 78.1 Å². The highest BCUT2D eigenvalue weighted by atomic mass is 16.5. The van der Waals surface area contributed by atoms with E-state index in [1.54, 1.807) is 18.5 Å². The average molecular weight is 414 g/mol. The molecule has 5 rings (SSSR count). The van der Waals surface area contributed by atoms with Crippen molar-refractivity contribution >= 4 is 5.91 Å². The number of ether oxygens (including phenoxy) is 1. The first kappa shape index (κ1) is 19.7.